The van der Waals surface area contributed by atoms with Crippen molar-refractivity contribution in [3.63, 3.8) is 0 Å². The van der Waals surface area contributed by atoms with E-state index in [2.05, 4.69) is 32.0 Å². The van der Waals surface area contributed by atoms with Crippen molar-refractivity contribution < 1.29 is 4.79 Å². The van der Waals surface area contributed by atoms with Crippen molar-refractivity contribution in [2.75, 3.05) is 0 Å². The van der Waals surface area contributed by atoms with Crippen LogP contribution < -0.4 is 0 Å². The lowest BCUT2D eigenvalue weighted by Gasteiger charge is -2.11. The van der Waals surface area contributed by atoms with Crippen LogP contribution in [0.25, 0.3) is 6.08 Å². The van der Waals surface area contributed by atoms with Crippen molar-refractivity contribution in [1.82, 2.24) is 0 Å². The molecule has 1 aromatic rings. The molecule has 0 fully saturated rings. The van der Waals surface area contributed by atoms with E-state index in [1.54, 1.807) is 13.0 Å². The number of unbranched alkanes of at least 4 members (excludes halogenated alkanes) is 1. The van der Waals surface area contributed by atoms with E-state index in [0.29, 0.717) is 0 Å². The fourth-order valence-electron chi connectivity index (χ4n) is 2.15. The van der Waals surface area contributed by atoms with Gasteiger partial charge in [-0.2, -0.15) is 0 Å². The van der Waals surface area contributed by atoms with Gasteiger partial charge in [0.15, 0.2) is 5.78 Å². The van der Waals surface area contributed by atoms with Gasteiger partial charge in [-0.05, 0) is 49.0 Å². The van der Waals surface area contributed by atoms with Crippen molar-refractivity contribution in [3.8, 4) is 0 Å². The Bertz CT molecular complexity index is 416. The summed E-state index contributed by atoms with van der Waals surface area (Å²) >= 11 is 0. The van der Waals surface area contributed by atoms with E-state index in [1.807, 2.05) is 6.08 Å². The molecule has 0 radical (unpaired) electrons. The van der Waals surface area contributed by atoms with E-state index in [1.165, 1.54) is 29.5 Å². The SMILES string of the molecule is CCCCc1cccc(CCC)c1/C=C/C(C)=O. The molecule has 0 aliphatic heterocycles. The first kappa shape index (κ1) is 14.7. The highest BCUT2D eigenvalue weighted by Crippen LogP contribution is 2.20. The molecule has 0 heterocycles. The molecule has 1 heteroatoms. The highest BCUT2D eigenvalue weighted by molar-refractivity contribution is 5.91. The fourth-order valence-corrected chi connectivity index (χ4v) is 2.15. The minimum atomic E-state index is 0.114. The highest BCUT2D eigenvalue weighted by Gasteiger charge is 2.05. The van der Waals surface area contributed by atoms with Crippen LogP contribution in [0, 0.1) is 0 Å². The van der Waals surface area contributed by atoms with Crippen LogP contribution in [0.1, 0.15) is 56.7 Å². The number of allylic oxidation sites excluding steroid dienone is 1. The molecule has 0 aromatic heterocycles. The molecule has 1 rings (SSSR count). The average Bonchev–Trinajstić information content (AvgIpc) is 2.35. The lowest BCUT2D eigenvalue weighted by atomic mass is 9.94. The quantitative estimate of drug-likeness (QED) is 0.641. The number of carbonyl (C=O) groups excluding carboxylic acids is 1. The van der Waals surface area contributed by atoms with Gasteiger partial charge in [-0.15, -0.1) is 0 Å². The molecule has 1 aromatic carbocycles. The highest BCUT2D eigenvalue weighted by atomic mass is 16.1. The Hall–Kier alpha value is -1.37. The molecule has 0 aliphatic carbocycles. The largest absolute Gasteiger partial charge is 0.295 e. The number of hydrogen-bond acceptors (Lipinski definition) is 1. The number of benzene rings is 1. The normalized spacial score (nSPS) is 11.1. The van der Waals surface area contributed by atoms with Gasteiger partial charge in [-0.25, -0.2) is 0 Å². The topological polar surface area (TPSA) is 17.1 Å². The van der Waals surface area contributed by atoms with Gasteiger partial charge in [0.25, 0.3) is 0 Å². The van der Waals surface area contributed by atoms with Crippen molar-refractivity contribution >= 4 is 11.9 Å². The standard InChI is InChI=1S/C17H24O/c1-4-6-9-16-11-7-10-15(8-5-2)17(16)13-12-14(3)18/h7,10-13H,4-6,8-9H2,1-3H3/b13-12+. The predicted octanol–water partition coefficient (Wildman–Crippen LogP) is 4.58. The summed E-state index contributed by atoms with van der Waals surface area (Å²) in [6.45, 7) is 6.00. The van der Waals surface area contributed by atoms with Gasteiger partial charge in [-0.1, -0.05) is 51.0 Å². The van der Waals surface area contributed by atoms with Crippen LogP contribution in [-0.4, -0.2) is 5.78 Å². The molecule has 0 spiro atoms. The number of hydrogen-bond donors (Lipinski definition) is 0. The number of aryl methyl sites for hydroxylation is 2. The Kier molecular flexibility index (Phi) is 6.42. The van der Waals surface area contributed by atoms with Crippen LogP contribution in [0.2, 0.25) is 0 Å². The molecule has 98 valence electrons. The van der Waals surface area contributed by atoms with Crippen LogP contribution in [0.5, 0.6) is 0 Å². The molecular formula is C17H24O. The lowest BCUT2D eigenvalue weighted by Crippen LogP contribution is -1.96. The van der Waals surface area contributed by atoms with Crippen LogP contribution in [0.15, 0.2) is 24.3 Å². The Morgan fingerprint density at radius 3 is 2.33 bits per heavy atom. The average molecular weight is 244 g/mol. The monoisotopic (exact) mass is 244 g/mol. The maximum atomic E-state index is 11.1. The minimum absolute atomic E-state index is 0.114. The van der Waals surface area contributed by atoms with E-state index in [-0.39, 0.29) is 5.78 Å². The van der Waals surface area contributed by atoms with Crippen molar-refractivity contribution in [2.24, 2.45) is 0 Å². The molecule has 0 amide bonds. The van der Waals surface area contributed by atoms with Gasteiger partial charge in [0.2, 0.25) is 0 Å². The Balaban J connectivity index is 3.07. The van der Waals surface area contributed by atoms with E-state index in [9.17, 15) is 4.79 Å². The van der Waals surface area contributed by atoms with Crippen LogP contribution in [-0.2, 0) is 17.6 Å². The molecule has 0 saturated carbocycles. The summed E-state index contributed by atoms with van der Waals surface area (Å²) in [6.07, 6.45) is 9.41. The van der Waals surface area contributed by atoms with Gasteiger partial charge < -0.3 is 0 Å². The van der Waals surface area contributed by atoms with Gasteiger partial charge in [0.05, 0.1) is 0 Å². The zero-order chi connectivity index (χ0) is 13.4. The third-order valence-electron chi connectivity index (χ3n) is 3.09. The maximum Gasteiger partial charge on any atom is 0.152 e. The van der Waals surface area contributed by atoms with E-state index < -0.39 is 0 Å². The number of ketones is 1. The summed E-state index contributed by atoms with van der Waals surface area (Å²) in [5.74, 6) is 0.114. The molecular weight excluding hydrogens is 220 g/mol. The maximum absolute atomic E-state index is 11.1. The second-order valence-corrected chi connectivity index (χ2v) is 4.79. The molecule has 0 atom stereocenters. The van der Waals surface area contributed by atoms with Crippen LogP contribution >= 0.6 is 0 Å². The Morgan fingerprint density at radius 1 is 1.11 bits per heavy atom. The Morgan fingerprint density at radius 2 is 1.78 bits per heavy atom. The van der Waals surface area contributed by atoms with Gasteiger partial charge in [0.1, 0.15) is 0 Å². The molecule has 0 aliphatic rings. The van der Waals surface area contributed by atoms with Crippen molar-refractivity contribution in [3.05, 3.63) is 41.0 Å². The second-order valence-electron chi connectivity index (χ2n) is 4.79. The minimum Gasteiger partial charge on any atom is -0.295 e. The third-order valence-corrected chi connectivity index (χ3v) is 3.09. The smallest absolute Gasteiger partial charge is 0.152 e. The van der Waals surface area contributed by atoms with Crippen LogP contribution in [0.4, 0.5) is 0 Å². The zero-order valence-corrected chi connectivity index (χ0v) is 11.8. The summed E-state index contributed by atoms with van der Waals surface area (Å²) in [6, 6.07) is 6.51. The fraction of sp³-hybridized carbons (Fsp3) is 0.471. The third kappa shape index (κ3) is 4.48. The molecule has 1 nitrogen and oxygen atoms in total. The van der Waals surface area contributed by atoms with Gasteiger partial charge in [0, 0.05) is 0 Å². The van der Waals surface area contributed by atoms with Crippen LogP contribution in [0.3, 0.4) is 0 Å². The van der Waals surface area contributed by atoms with E-state index >= 15 is 0 Å². The summed E-state index contributed by atoms with van der Waals surface area (Å²) in [7, 11) is 0. The molecule has 0 unspecified atom stereocenters. The number of carbonyl (C=O) groups is 1. The van der Waals surface area contributed by atoms with Gasteiger partial charge in [-0.3, -0.25) is 4.79 Å². The first-order valence-corrected chi connectivity index (χ1v) is 6.98. The lowest BCUT2D eigenvalue weighted by molar-refractivity contribution is -0.112. The van der Waals surface area contributed by atoms with Crippen molar-refractivity contribution in [2.45, 2.75) is 52.9 Å². The molecule has 0 N–H and O–H groups in total. The summed E-state index contributed by atoms with van der Waals surface area (Å²) in [4.78, 5) is 11.1. The predicted molar refractivity (Wildman–Crippen MR) is 78.8 cm³/mol. The van der Waals surface area contributed by atoms with Crippen molar-refractivity contribution in [1.29, 1.82) is 0 Å². The zero-order valence-electron chi connectivity index (χ0n) is 11.8. The molecule has 0 saturated heterocycles. The van der Waals surface area contributed by atoms with Gasteiger partial charge >= 0.3 is 0 Å². The molecule has 0 bridgehead atoms. The second kappa shape index (κ2) is 7.86. The first-order valence-electron chi connectivity index (χ1n) is 6.98. The first-order chi connectivity index (χ1) is 8.69. The summed E-state index contributed by atoms with van der Waals surface area (Å²) < 4.78 is 0. The Labute approximate surface area is 111 Å². The number of rotatable bonds is 7. The summed E-state index contributed by atoms with van der Waals surface area (Å²) in [5.41, 5.74) is 4.01. The molecule has 18 heavy (non-hydrogen) atoms. The summed E-state index contributed by atoms with van der Waals surface area (Å²) in [5, 5.41) is 0. The van der Waals surface area contributed by atoms with E-state index in [4.69, 9.17) is 0 Å². The van der Waals surface area contributed by atoms with E-state index in [0.717, 1.165) is 19.3 Å².